The normalized spacial score (nSPS) is 17.1. The molecule has 2 aliphatic heterocycles. The predicted molar refractivity (Wildman–Crippen MR) is 142 cm³/mol. The summed E-state index contributed by atoms with van der Waals surface area (Å²) in [7, 11) is 0. The minimum absolute atomic E-state index is 0.0912. The van der Waals surface area contributed by atoms with Gasteiger partial charge in [0.1, 0.15) is 11.8 Å². The van der Waals surface area contributed by atoms with Crippen LogP contribution in [0.1, 0.15) is 123 Å². The quantitative estimate of drug-likeness (QED) is 0.214. The van der Waals surface area contributed by atoms with Crippen LogP contribution in [0.5, 0.6) is 5.75 Å². The lowest BCUT2D eigenvalue weighted by molar-refractivity contribution is -0.136. The summed E-state index contributed by atoms with van der Waals surface area (Å²) in [6, 6.07) is 3.95. The average Bonchev–Trinajstić information content (AvgIpc) is 3.14. The third-order valence-corrected chi connectivity index (χ3v) is 7.25. The monoisotopic (exact) mass is 527 g/mol. The van der Waals surface area contributed by atoms with Crippen molar-refractivity contribution in [2.24, 2.45) is 5.73 Å². The molecule has 208 valence electrons. The Balaban J connectivity index is 1.27. The van der Waals surface area contributed by atoms with E-state index in [2.05, 4.69) is 5.32 Å². The zero-order valence-corrected chi connectivity index (χ0v) is 22.3. The number of nitrogens with two attached hydrogens (primary N) is 1. The van der Waals surface area contributed by atoms with Crippen LogP contribution in [0, 0.1) is 0 Å². The number of nitrogens with zero attached hydrogens (tertiary/aromatic N) is 1. The van der Waals surface area contributed by atoms with Crippen molar-refractivity contribution >= 4 is 29.5 Å². The highest BCUT2D eigenvalue weighted by Crippen LogP contribution is 2.33. The van der Waals surface area contributed by atoms with Gasteiger partial charge in [-0.2, -0.15) is 0 Å². The number of rotatable bonds is 18. The smallest absolute Gasteiger partial charge is 0.266 e. The number of primary amides is 1. The highest BCUT2D eigenvalue weighted by molar-refractivity contribution is 6.24. The Labute approximate surface area is 224 Å². The van der Waals surface area contributed by atoms with E-state index in [1.54, 1.807) is 18.2 Å². The van der Waals surface area contributed by atoms with Crippen LogP contribution in [0.4, 0.5) is 0 Å². The predicted octanol–water partition coefficient (Wildman–Crippen LogP) is 4.41. The summed E-state index contributed by atoms with van der Waals surface area (Å²) in [5, 5.41) is 2.21. The van der Waals surface area contributed by atoms with Crippen LogP contribution in [-0.4, -0.2) is 47.1 Å². The average molecular weight is 528 g/mol. The van der Waals surface area contributed by atoms with E-state index in [1.807, 2.05) is 0 Å². The molecule has 1 saturated heterocycles. The molecule has 5 amide bonds. The first-order chi connectivity index (χ1) is 18.4. The molecule has 3 rings (SSSR count). The van der Waals surface area contributed by atoms with Crippen molar-refractivity contribution < 1.29 is 28.7 Å². The van der Waals surface area contributed by atoms with E-state index in [0.29, 0.717) is 18.8 Å². The molecule has 3 N–H and O–H groups in total. The maximum Gasteiger partial charge on any atom is 0.266 e. The first-order valence-corrected chi connectivity index (χ1v) is 14.2. The fourth-order valence-electron chi connectivity index (χ4n) is 5.13. The van der Waals surface area contributed by atoms with Crippen LogP contribution >= 0.6 is 0 Å². The summed E-state index contributed by atoms with van der Waals surface area (Å²) in [6.45, 7) is 0.454. The van der Waals surface area contributed by atoms with E-state index in [-0.39, 0.29) is 29.9 Å². The van der Waals surface area contributed by atoms with Gasteiger partial charge in [-0.15, -0.1) is 0 Å². The van der Waals surface area contributed by atoms with Crippen molar-refractivity contribution in [1.29, 1.82) is 0 Å². The molecule has 0 radical (unpaired) electrons. The second-order valence-electron chi connectivity index (χ2n) is 10.3. The second-order valence-corrected chi connectivity index (χ2v) is 10.3. The molecule has 2 heterocycles. The number of nitrogens with one attached hydrogen (secondary N) is 1. The molecule has 0 saturated carbocycles. The van der Waals surface area contributed by atoms with Crippen molar-refractivity contribution in [3.8, 4) is 5.75 Å². The van der Waals surface area contributed by atoms with E-state index in [1.165, 1.54) is 51.4 Å². The van der Waals surface area contributed by atoms with Gasteiger partial charge in [0, 0.05) is 12.8 Å². The van der Waals surface area contributed by atoms with Crippen molar-refractivity contribution in [2.75, 3.05) is 6.61 Å². The summed E-state index contributed by atoms with van der Waals surface area (Å²) in [4.78, 5) is 61.3. The van der Waals surface area contributed by atoms with Crippen molar-refractivity contribution in [3.63, 3.8) is 0 Å². The topological polar surface area (TPSA) is 136 Å². The fourth-order valence-corrected chi connectivity index (χ4v) is 5.13. The van der Waals surface area contributed by atoms with Gasteiger partial charge in [0.15, 0.2) is 0 Å². The molecular formula is C29H41N3O6. The van der Waals surface area contributed by atoms with Gasteiger partial charge >= 0.3 is 0 Å². The number of unbranched alkanes of at least 4 members (excludes halogenated alkanes) is 12. The first kappa shape index (κ1) is 29.3. The van der Waals surface area contributed by atoms with E-state index >= 15 is 0 Å². The molecule has 1 aromatic rings. The molecule has 1 aromatic carbocycles. The van der Waals surface area contributed by atoms with Crippen LogP contribution in [0.15, 0.2) is 18.2 Å². The molecule has 38 heavy (non-hydrogen) atoms. The minimum Gasteiger partial charge on any atom is -0.493 e. The van der Waals surface area contributed by atoms with Gasteiger partial charge in [-0.25, -0.2) is 0 Å². The van der Waals surface area contributed by atoms with Crippen LogP contribution in [0.3, 0.4) is 0 Å². The molecule has 0 aromatic heterocycles. The number of amides is 5. The molecule has 0 aliphatic carbocycles. The van der Waals surface area contributed by atoms with Gasteiger partial charge in [0.25, 0.3) is 11.8 Å². The van der Waals surface area contributed by atoms with E-state index in [9.17, 15) is 24.0 Å². The van der Waals surface area contributed by atoms with Gasteiger partial charge in [-0.05, 0) is 31.4 Å². The Hall–Kier alpha value is -3.23. The maximum absolute atomic E-state index is 13.1. The first-order valence-electron chi connectivity index (χ1n) is 14.2. The van der Waals surface area contributed by atoms with E-state index < -0.39 is 29.7 Å². The Bertz CT molecular complexity index is 1010. The molecule has 1 fully saturated rings. The highest BCUT2D eigenvalue weighted by atomic mass is 16.5. The zero-order chi connectivity index (χ0) is 27.3. The Morgan fingerprint density at radius 1 is 0.842 bits per heavy atom. The summed E-state index contributed by atoms with van der Waals surface area (Å²) in [5.41, 5.74) is 5.58. The summed E-state index contributed by atoms with van der Waals surface area (Å²) in [5.74, 6) is -1.92. The van der Waals surface area contributed by atoms with Gasteiger partial charge in [0.2, 0.25) is 17.7 Å². The molecule has 0 bridgehead atoms. The fraction of sp³-hybridized carbons (Fsp3) is 0.621. The SMILES string of the molecule is NC(=O)CCCCCCCCCCCCCCCOc1cccc2c1C(=O)N(C1CCC(=O)NC1=O)C2=O. The number of piperidine rings is 1. The number of fused-ring (bicyclic) bond motifs is 1. The van der Waals surface area contributed by atoms with Crippen LogP contribution in [0.2, 0.25) is 0 Å². The summed E-state index contributed by atoms with van der Waals surface area (Å²) in [6.07, 6.45) is 15.7. The molecule has 9 heteroatoms. The number of hydrogen-bond donors (Lipinski definition) is 2. The number of benzene rings is 1. The van der Waals surface area contributed by atoms with E-state index in [0.717, 1.165) is 37.0 Å². The van der Waals surface area contributed by atoms with E-state index in [4.69, 9.17) is 10.5 Å². The van der Waals surface area contributed by atoms with Gasteiger partial charge in [0.05, 0.1) is 17.7 Å². The Morgan fingerprint density at radius 2 is 1.42 bits per heavy atom. The lowest BCUT2D eigenvalue weighted by Gasteiger charge is -2.27. The van der Waals surface area contributed by atoms with Crippen molar-refractivity contribution in [1.82, 2.24) is 10.2 Å². The Morgan fingerprint density at radius 3 is 2.00 bits per heavy atom. The number of carbonyl (C=O) groups excluding carboxylic acids is 5. The third kappa shape index (κ3) is 8.39. The number of carbonyl (C=O) groups is 5. The molecule has 1 unspecified atom stereocenters. The van der Waals surface area contributed by atoms with Gasteiger partial charge in [-0.1, -0.05) is 76.7 Å². The lowest BCUT2D eigenvalue weighted by atomic mass is 10.0. The number of ether oxygens (including phenoxy) is 1. The van der Waals surface area contributed by atoms with Crippen LogP contribution in [0.25, 0.3) is 0 Å². The van der Waals surface area contributed by atoms with Crippen molar-refractivity contribution in [2.45, 2.75) is 109 Å². The second kappa shape index (κ2) is 15.2. The number of imide groups is 2. The molecule has 9 nitrogen and oxygen atoms in total. The van der Waals surface area contributed by atoms with Gasteiger partial charge < -0.3 is 10.5 Å². The van der Waals surface area contributed by atoms with Crippen molar-refractivity contribution in [3.05, 3.63) is 29.3 Å². The third-order valence-electron chi connectivity index (χ3n) is 7.25. The standard InChI is InChI=1S/C29H41N3O6/c30-24(33)17-12-10-8-6-4-2-1-3-5-7-9-11-13-20-38-23-16-14-15-21-26(23)29(37)32(28(21)36)22-18-19-25(34)31-27(22)35/h14-16,22H,1-13,17-20H2,(H2,30,33)(H,31,34,35). The number of hydrogen-bond acceptors (Lipinski definition) is 6. The largest absolute Gasteiger partial charge is 0.493 e. The minimum atomic E-state index is -0.979. The van der Waals surface area contributed by atoms with Crippen LogP contribution in [-0.2, 0) is 14.4 Å². The maximum atomic E-state index is 13.1. The molecule has 0 spiro atoms. The Kier molecular flexibility index (Phi) is 11.8. The summed E-state index contributed by atoms with van der Waals surface area (Å²) >= 11 is 0. The highest BCUT2D eigenvalue weighted by Gasteiger charge is 2.45. The molecule has 1 atom stereocenters. The zero-order valence-electron chi connectivity index (χ0n) is 22.3. The molecule has 2 aliphatic rings. The molecular weight excluding hydrogens is 486 g/mol. The van der Waals surface area contributed by atoms with Crippen LogP contribution < -0.4 is 15.8 Å². The van der Waals surface area contributed by atoms with Gasteiger partial charge in [-0.3, -0.25) is 34.2 Å². The summed E-state index contributed by atoms with van der Waals surface area (Å²) < 4.78 is 5.89. The lowest BCUT2D eigenvalue weighted by Crippen LogP contribution is -2.54.